The highest BCUT2D eigenvalue weighted by Crippen LogP contribution is 2.11. The van der Waals surface area contributed by atoms with Gasteiger partial charge in [-0.3, -0.25) is 0 Å². The van der Waals surface area contributed by atoms with Gasteiger partial charge in [-0.2, -0.15) is 0 Å². The Hall–Kier alpha value is -0.590. The van der Waals surface area contributed by atoms with Gasteiger partial charge in [0.1, 0.15) is 0 Å². The van der Waals surface area contributed by atoms with Crippen LogP contribution in [0.1, 0.15) is 19.5 Å². The van der Waals surface area contributed by atoms with Gasteiger partial charge in [0.05, 0.1) is 24.2 Å². The normalized spacial score (nSPS) is 13.0. The van der Waals surface area contributed by atoms with Crippen LogP contribution in [0.3, 0.4) is 0 Å². The molecule has 0 aromatic carbocycles. The molecule has 1 heterocycles. The second kappa shape index (κ2) is 4.73. The first-order chi connectivity index (χ1) is 7.23. The number of aromatic nitrogens is 2. The van der Waals surface area contributed by atoms with Crippen LogP contribution in [0.15, 0.2) is 12.5 Å². The molecule has 0 aliphatic heterocycles. The molecule has 1 aromatic rings. The van der Waals surface area contributed by atoms with E-state index >= 15 is 0 Å². The number of sulfonamides is 1. The van der Waals surface area contributed by atoms with Gasteiger partial charge in [-0.05, 0) is 13.8 Å². The summed E-state index contributed by atoms with van der Waals surface area (Å²) in [7, 11) is -3.22. The summed E-state index contributed by atoms with van der Waals surface area (Å²) >= 11 is 5.74. The van der Waals surface area contributed by atoms with Gasteiger partial charge in [-0.1, -0.05) is 0 Å². The summed E-state index contributed by atoms with van der Waals surface area (Å²) in [6.45, 7) is 4.11. The molecule has 1 N–H and O–H groups in total. The molecule has 0 aliphatic rings. The first kappa shape index (κ1) is 13.5. The molecule has 0 saturated carbocycles. The van der Waals surface area contributed by atoms with Crippen molar-refractivity contribution in [2.45, 2.75) is 31.8 Å². The third-order valence-corrected chi connectivity index (χ3v) is 3.16. The summed E-state index contributed by atoms with van der Waals surface area (Å²) < 4.78 is 26.7. The molecule has 0 radical (unpaired) electrons. The average molecular weight is 266 g/mol. The van der Waals surface area contributed by atoms with Gasteiger partial charge in [-0.15, -0.1) is 11.6 Å². The van der Waals surface area contributed by atoms with E-state index in [0.29, 0.717) is 12.4 Å². The van der Waals surface area contributed by atoms with Crippen LogP contribution in [0.5, 0.6) is 0 Å². The van der Waals surface area contributed by atoms with Gasteiger partial charge in [0, 0.05) is 18.3 Å². The predicted octanol–water partition coefficient (Wildman–Crippen LogP) is 0.950. The molecule has 0 fully saturated rings. The minimum absolute atomic E-state index is 0.356. The molecule has 0 atom stereocenters. The number of halogens is 1. The van der Waals surface area contributed by atoms with Gasteiger partial charge in [-0.25, -0.2) is 18.1 Å². The van der Waals surface area contributed by atoms with Crippen molar-refractivity contribution in [3.05, 3.63) is 18.2 Å². The number of hydrogen-bond donors (Lipinski definition) is 1. The van der Waals surface area contributed by atoms with Gasteiger partial charge in [0.15, 0.2) is 0 Å². The van der Waals surface area contributed by atoms with E-state index in [4.69, 9.17) is 11.6 Å². The summed E-state index contributed by atoms with van der Waals surface area (Å²) in [5, 5.41) is 0. The van der Waals surface area contributed by atoms with E-state index in [-0.39, 0.29) is 0 Å². The quantitative estimate of drug-likeness (QED) is 0.807. The van der Waals surface area contributed by atoms with Crippen molar-refractivity contribution in [1.82, 2.24) is 14.3 Å². The van der Waals surface area contributed by atoms with Gasteiger partial charge >= 0.3 is 0 Å². The van der Waals surface area contributed by atoms with E-state index in [1.807, 2.05) is 18.4 Å². The molecule has 16 heavy (non-hydrogen) atoms. The first-order valence-corrected chi connectivity index (χ1v) is 7.20. The lowest BCUT2D eigenvalue weighted by Crippen LogP contribution is -2.46. The summed E-state index contributed by atoms with van der Waals surface area (Å²) in [6.07, 6.45) is 4.46. The van der Waals surface area contributed by atoms with Crippen molar-refractivity contribution in [3.8, 4) is 0 Å². The maximum atomic E-state index is 11.2. The topological polar surface area (TPSA) is 64.0 Å². The molecule has 7 heteroatoms. The van der Waals surface area contributed by atoms with Crippen LogP contribution in [0.4, 0.5) is 0 Å². The SMILES string of the molecule is CC(C)(Cn1cncc1CCl)NS(C)(=O)=O. The number of alkyl halides is 1. The Balaban J connectivity index is 2.80. The monoisotopic (exact) mass is 265 g/mol. The lowest BCUT2D eigenvalue weighted by Gasteiger charge is -2.26. The Kier molecular flexibility index (Phi) is 3.98. The maximum Gasteiger partial charge on any atom is 0.209 e. The Morgan fingerprint density at radius 3 is 2.69 bits per heavy atom. The van der Waals surface area contributed by atoms with Gasteiger partial charge in [0.25, 0.3) is 0 Å². The van der Waals surface area contributed by atoms with E-state index in [1.54, 1.807) is 12.5 Å². The van der Waals surface area contributed by atoms with E-state index in [0.717, 1.165) is 11.9 Å². The van der Waals surface area contributed by atoms with Gasteiger partial charge in [0.2, 0.25) is 10.0 Å². The van der Waals surface area contributed by atoms with E-state index in [2.05, 4.69) is 9.71 Å². The van der Waals surface area contributed by atoms with Crippen LogP contribution in [-0.4, -0.2) is 29.8 Å². The smallest absolute Gasteiger partial charge is 0.209 e. The van der Waals surface area contributed by atoms with E-state index < -0.39 is 15.6 Å². The van der Waals surface area contributed by atoms with Crippen LogP contribution in [0, 0.1) is 0 Å². The lowest BCUT2D eigenvalue weighted by molar-refractivity contribution is 0.387. The summed E-state index contributed by atoms with van der Waals surface area (Å²) in [6, 6.07) is 0. The van der Waals surface area contributed by atoms with Crippen LogP contribution in [0.25, 0.3) is 0 Å². The number of nitrogens with zero attached hydrogens (tertiary/aromatic N) is 2. The standard InChI is InChI=1S/C9H16ClN3O2S/c1-9(2,12-16(3,14)15)6-13-7-11-5-8(13)4-10/h5,7,12H,4,6H2,1-3H3. The fourth-order valence-corrected chi connectivity index (χ4v) is 2.85. The predicted molar refractivity (Wildman–Crippen MR) is 63.8 cm³/mol. The molecule has 1 aromatic heterocycles. The van der Waals surface area contributed by atoms with Crippen LogP contribution in [0.2, 0.25) is 0 Å². The zero-order valence-electron chi connectivity index (χ0n) is 9.57. The Morgan fingerprint density at radius 1 is 1.56 bits per heavy atom. The number of rotatable bonds is 5. The average Bonchev–Trinajstić information content (AvgIpc) is 2.45. The van der Waals surface area contributed by atoms with Crippen molar-refractivity contribution >= 4 is 21.6 Å². The highest BCUT2D eigenvalue weighted by Gasteiger charge is 2.23. The fourth-order valence-electron chi connectivity index (χ4n) is 1.56. The number of hydrogen-bond acceptors (Lipinski definition) is 3. The highest BCUT2D eigenvalue weighted by molar-refractivity contribution is 7.88. The second-order valence-corrected chi connectivity index (χ2v) is 6.42. The molecule has 0 unspecified atom stereocenters. The van der Waals surface area contributed by atoms with Crippen LogP contribution < -0.4 is 4.72 Å². The molecule has 0 saturated heterocycles. The minimum atomic E-state index is -3.22. The molecule has 0 bridgehead atoms. The largest absolute Gasteiger partial charge is 0.332 e. The highest BCUT2D eigenvalue weighted by atomic mass is 35.5. The summed E-state index contributed by atoms with van der Waals surface area (Å²) in [5.41, 5.74) is 0.291. The Labute approximate surface area is 101 Å². The molecule has 92 valence electrons. The second-order valence-electron chi connectivity index (χ2n) is 4.40. The summed E-state index contributed by atoms with van der Waals surface area (Å²) in [4.78, 5) is 3.97. The minimum Gasteiger partial charge on any atom is -0.332 e. The van der Waals surface area contributed by atoms with Crippen molar-refractivity contribution in [2.75, 3.05) is 6.26 Å². The lowest BCUT2D eigenvalue weighted by atomic mass is 10.1. The zero-order chi connectivity index (χ0) is 12.4. The van der Waals surface area contributed by atoms with Crippen molar-refractivity contribution < 1.29 is 8.42 Å². The molecular weight excluding hydrogens is 250 g/mol. The van der Waals surface area contributed by atoms with Gasteiger partial charge < -0.3 is 4.57 Å². The molecule has 0 aliphatic carbocycles. The molecule has 0 amide bonds. The number of imidazole rings is 1. The first-order valence-electron chi connectivity index (χ1n) is 4.77. The number of nitrogens with one attached hydrogen (secondary N) is 1. The van der Waals surface area contributed by atoms with Crippen LogP contribution >= 0.6 is 11.6 Å². The maximum absolute atomic E-state index is 11.2. The van der Waals surface area contributed by atoms with Crippen molar-refractivity contribution in [2.24, 2.45) is 0 Å². The third kappa shape index (κ3) is 4.11. The summed E-state index contributed by atoms with van der Waals surface area (Å²) in [5.74, 6) is 0.356. The molecule has 5 nitrogen and oxygen atoms in total. The molecule has 1 rings (SSSR count). The Bertz CT molecular complexity index is 453. The zero-order valence-corrected chi connectivity index (χ0v) is 11.1. The van der Waals surface area contributed by atoms with Crippen molar-refractivity contribution in [1.29, 1.82) is 0 Å². The van der Waals surface area contributed by atoms with Crippen LogP contribution in [-0.2, 0) is 22.4 Å². The van der Waals surface area contributed by atoms with E-state index in [9.17, 15) is 8.42 Å². The van der Waals surface area contributed by atoms with Crippen molar-refractivity contribution in [3.63, 3.8) is 0 Å². The Morgan fingerprint density at radius 2 is 2.19 bits per heavy atom. The van der Waals surface area contributed by atoms with E-state index in [1.165, 1.54) is 0 Å². The molecular formula is C9H16ClN3O2S. The third-order valence-electron chi connectivity index (χ3n) is 1.96. The molecule has 0 spiro atoms. The fraction of sp³-hybridized carbons (Fsp3) is 0.667.